The van der Waals surface area contributed by atoms with Crippen molar-refractivity contribution in [2.24, 2.45) is 0 Å². The van der Waals surface area contributed by atoms with Crippen LogP contribution in [0, 0.1) is 6.92 Å². The number of Topliss-reactive ketones (excluding diaryl/α,β-unsaturated/α-hetero) is 1. The zero-order valence-corrected chi connectivity index (χ0v) is 8.92. The topological polar surface area (TPSA) is 44.9 Å². The molecular formula is C12H14N2O. The third-order valence-corrected chi connectivity index (χ3v) is 2.56. The number of aryl methyl sites for hydroxylation is 1. The van der Waals surface area contributed by atoms with Crippen molar-refractivity contribution >= 4 is 16.7 Å². The van der Waals surface area contributed by atoms with E-state index >= 15 is 0 Å². The van der Waals surface area contributed by atoms with Crippen molar-refractivity contribution in [3.63, 3.8) is 0 Å². The summed E-state index contributed by atoms with van der Waals surface area (Å²) in [4.78, 5) is 14.9. The molecule has 0 amide bonds. The van der Waals surface area contributed by atoms with Gasteiger partial charge in [-0.25, -0.2) is 0 Å². The van der Waals surface area contributed by atoms with Crippen molar-refractivity contribution in [3.05, 3.63) is 35.5 Å². The Balaban J connectivity index is 2.54. The van der Waals surface area contributed by atoms with Crippen LogP contribution in [0.4, 0.5) is 0 Å². The summed E-state index contributed by atoms with van der Waals surface area (Å²) < 4.78 is 0. The summed E-state index contributed by atoms with van der Waals surface area (Å²) in [6.07, 6.45) is 1.79. The normalized spacial score (nSPS) is 10.8. The Hall–Kier alpha value is -1.61. The van der Waals surface area contributed by atoms with Crippen LogP contribution in [0.3, 0.4) is 0 Å². The van der Waals surface area contributed by atoms with Crippen molar-refractivity contribution in [1.29, 1.82) is 0 Å². The molecular weight excluding hydrogens is 188 g/mol. The van der Waals surface area contributed by atoms with Gasteiger partial charge in [0.05, 0.1) is 6.54 Å². The quantitative estimate of drug-likeness (QED) is 0.746. The van der Waals surface area contributed by atoms with E-state index < -0.39 is 0 Å². The molecule has 1 aromatic heterocycles. The van der Waals surface area contributed by atoms with Crippen LogP contribution in [0.2, 0.25) is 0 Å². The third-order valence-electron chi connectivity index (χ3n) is 2.56. The van der Waals surface area contributed by atoms with E-state index in [0.717, 1.165) is 22.0 Å². The standard InChI is InChI=1S/C12H14N2O/c1-8-4-3-5-9-10(6-14-12(8)9)11(15)7-13-2/h3-6,13-14H,7H2,1-2H3. The number of para-hydroxylation sites is 1. The van der Waals surface area contributed by atoms with Gasteiger partial charge in [-0.3, -0.25) is 4.79 Å². The lowest BCUT2D eigenvalue weighted by molar-refractivity contribution is 0.0995. The number of carbonyl (C=O) groups excluding carboxylic acids is 1. The van der Waals surface area contributed by atoms with Gasteiger partial charge in [0.1, 0.15) is 0 Å². The van der Waals surface area contributed by atoms with Gasteiger partial charge in [0.25, 0.3) is 0 Å². The number of carbonyl (C=O) groups is 1. The monoisotopic (exact) mass is 202 g/mol. The highest BCUT2D eigenvalue weighted by molar-refractivity contribution is 6.09. The van der Waals surface area contributed by atoms with E-state index in [2.05, 4.69) is 10.3 Å². The van der Waals surface area contributed by atoms with Gasteiger partial charge in [0.2, 0.25) is 0 Å². The lowest BCUT2D eigenvalue weighted by atomic mass is 10.1. The Morgan fingerprint density at radius 1 is 1.47 bits per heavy atom. The van der Waals surface area contributed by atoms with E-state index in [9.17, 15) is 4.79 Å². The summed E-state index contributed by atoms with van der Waals surface area (Å²) in [6.45, 7) is 2.41. The van der Waals surface area contributed by atoms with Crippen LogP contribution < -0.4 is 5.32 Å². The van der Waals surface area contributed by atoms with Crippen molar-refractivity contribution in [3.8, 4) is 0 Å². The van der Waals surface area contributed by atoms with Gasteiger partial charge >= 0.3 is 0 Å². The van der Waals surface area contributed by atoms with Crippen LogP contribution >= 0.6 is 0 Å². The molecule has 0 fully saturated rings. The van der Waals surface area contributed by atoms with E-state index in [4.69, 9.17) is 0 Å². The maximum absolute atomic E-state index is 11.7. The Labute approximate surface area is 88.5 Å². The van der Waals surface area contributed by atoms with E-state index in [-0.39, 0.29) is 5.78 Å². The lowest BCUT2D eigenvalue weighted by Gasteiger charge is -1.98. The molecule has 78 valence electrons. The molecule has 2 rings (SSSR count). The lowest BCUT2D eigenvalue weighted by Crippen LogP contribution is -2.18. The first-order chi connectivity index (χ1) is 7.24. The number of hydrogen-bond donors (Lipinski definition) is 2. The fourth-order valence-electron chi connectivity index (χ4n) is 1.79. The number of likely N-dealkylation sites (N-methyl/N-ethyl adjacent to an activating group) is 1. The minimum atomic E-state index is 0.120. The van der Waals surface area contributed by atoms with E-state index in [0.29, 0.717) is 6.54 Å². The van der Waals surface area contributed by atoms with Crippen LogP contribution in [0.15, 0.2) is 24.4 Å². The number of rotatable bonds is 3. The Morgan fingerprint density at radius 2 is 2.27 bits per heavy atom. The second-order valence-electron chi connectivity index (χ2n) is 3.65. The molecule has 3 nitrogen and oxygen atoms in total. The average Bonchev–Trinajstić information content (AvgIpc) is 2.63. The first kappa shape index (κ1) is 9.93. The molecule has 0 unspecified atom stereocenters. The summed E-state index contributed by atoms with van der Waals surface area (Å²) in [5, 5.41) is 3.88. The molecule has 0 radical (unpaired) electrons. The second kappa shape index (κ2) is 3.87. The predicted octanol–water partition coefficient (Wildman–Crippen LogP) is 1.88. The average molecular weight is 202 g/mol. The zero-order valence-electron chi connectivity index (χ0n) is 8.92. The molecule has 0 aliphatic heterocycles. The van der Waals surface area contributed by atoms with Gasteiger partial charge in [-0.15, -0.1) is 0 Å². The molecule has 0 aliphatic carbocycles. The molecule has 0 saturated heterocycles. The zero-order chi connectivity index (χ0) is 10.8. The van der Waals surface area contributed by atoms with Gasteiger partial charge in [-0.05, 0) is 19.5 Å². The smallest absolute Gasteiger partial charge is 0.178 e. The van der Waals surface area contributed by atoms with Crippen molar-refractivity contribution in [2.75, 3.05) is 13.6 Å². The number of ketones is 1. The first-order valence-corrected chi connectivity index (χ1v) is 4.98. The molecule has 1 aromatic carbocycles. The van der Waals surface area contributed by atoms with Crippen LogP contribution in [0.1, 0.15) is 15.9 Å². The van der Waals surface area contributed by atoms with E-state index in [1.54, 1.807) is 13.2 Å². The number of H-pyrrole nitrogens is 1. The summed E-state index contributed by atoms with van der Waals surface area (Å²) in [5.74, 6) is 0.120. The summed E-state index contributed by atoms with van der Waals surface area (Å²) in [6, 6.07) is 5.98. The maximum Gasteiger partial charge on any atom is 0.178 e. The summed E-state index contributed by atoms with van der Waals surface area (Å²) in [5.41, 5.74) is 2.98. The highest BCUT2D eigenvalue weighted by atomic mass is 16.1. The van der Waals surface area contributed by atoms with Crippen LogP contribution in [0.5, 0.6) is 0 Å². The van der Waals surface area contributed by atoms with Crippen molar-refractivity contribution < 1.29 is 4.79 Å². The van der Waals surface area contributed by atoms with Gasteiger partial charge in [-0.2, -0.15) is 0 Å². The minimum absolute atomic E-state index is 0.120. The Morgan fingerprint density at radius 3 is 3.00 bits per heavy atom. The van der Waals surface area contributed by atoms with Crippen molar-refractivity contribution in [1.82, 2.24) is 10.3 Å². The molecule has 0 spiro atoms. The highest BCUT2D eigenvalue weighted by Gasteiger charge is 2.11. The Kier molecular flexibility index (Phi) is 2.56. The van der Waals surface area contributed by atoms with Crippen LogP contribution in [0.25, 0.3) is 10.9 Å². The van der Waals surface area contributed by atoms with Crippen LogP contribution in [-0.2, 0) is 0 Å². The first-order valence-electron chi connectivity index (χ1n) is 4.98. The molecule has 0 aliphatic rings. The fraction of sp³-hybridized carbons (Fsp3) is 0.250. The van der Waals surface area contributed by atoms with E-state index in [1.165, 1.54) is 0 Å². The molecule has 0 saturated carbocycles. The SMILES string of the molecule is CNCC(=O)c1c[nH]c2c(C)cccc12. The number of benzene rings is 1. The molecule has 2 N–H and O–H groups in total. The van der Waals surface area contributed by atoms with E-state index in [1.807, 2.05) is 25.1 Å². The summed E-state index contributed by atoms with van der Waals surface area (Å²) in [7, 11) is 1.78. The molecule has 1 heterocycles. The second-order valence-corrected chi connectivity index (χ2v) is 3.65. The molecule has 3 heteroatoms. The number of aromatic nitrogens is 1. The predicted molar refractivity (Wildman–Crippen MR) is 61.3 cm³/mol. The van der Waals surface area contributed by atoms with Gasteiger partial charge in [-0.1, -0.05) is 18.2 Å². The molecule has 2 aromatic rings. The number of aromatic amines is 1. The van der Waals surface area contributed by atoms with Gasteiger partial charge in [0, 0.05) is 22.7 Å². The van der Waals surface area contributed by atoms with Crippen LogP contribution in [-0.4, -0.2) is 24.4 Å². The summed E-state index contributed by atoms with van der Waals surface area (Å²) >= 11 is 0. The number of hydrogen-bond acceptors (Lipinski definition) is 2. The fourth-order valence-corrected chi connectivity index (χ4v) is 1.79. The maximum atomic E-state index is 11.7. The third kappa shape index (κ3) is 1.66. The number of nitrogens with one attached hydrogen (secondary N) is 2. The van der Waals surface area contributed by atoms with Gasteiger partial charge in [0.15, 0.2) is 5.78 Å². The molecule has 15 heavy (non-hydrogen) atoms. The minimum Gasteiger partial charge on any atom is -0.360 e. The molecule has 0 atom stereocenters. The van der Waals surface area contributed by atoms with Gasteiger partial charge < -0.3 is 10.3 Å². The van der Waals surface area contributed by atoms with Crippen molar-refractivity contribution in [2.45, 2.75) is 6.92 Å². The molecule has 0 bridgehead atoms. The number of fused-ring (bicyclic) bond motifs is 1. The highest BCUT2D eigenvalue weighted by Crippen LogP contribution is 2.21. The Bertz CT molecular complexity index is 499. The largest absolute Gasteiger partial charge is 0.360 e.